The summed E-state index contributed by atoms with van der Waals surface area (Å²) in [6, 6.07) is 52.7. The van der Waals surface area contributed by atoms with E-state index in [2.05, 4.69) is 146 Å². The molecule has 7 aromatic carbocycles. The molecule has 0 nitrogen and oxygen atoms in total. The SMILES string of the molecule is c1ccc(-c2cc(-c3c4ccccc4c(-c4ccccc4)c4ccccc34)cc3ccccc23)cc1. The molecule has 0 fully saturated rings. The summed E-state index contributed by atoms with van der Waals surface area (Å²) in [4.78, 5) is 0. The molecule has 0 heteroatoms. The first-order chi connectivity index (χ1) is 17.9. The third kappa shape index (κ3) is 3.31. The minimum absolute atomic E-state index is 1.24. The molecule has 0 aliphatic heterocycles. The Kier molecular flexibility index (Phi) is 4.89. The molecule has 0 heterocycles. The van der Waals surface area contributed by atoms with Crippen molar-refractivity contribution >= 4 is 32.3 Å². The molecule has 0 atom stereocenters. The second-order valence-electron chi connectivity index (χ2n) is 9.32. The highest BCUT2D eigenvalue weighted by atomic mass is 14.2. The van der Waals surface area contributed by atoms with Crippen LogP contribution in [0, 0.1) is 0 Å². The lowest BCUT2D eigenvalue weighted by Gasteiger charge is -2.19. The smallest absolute Gasteiger partial charge is 0.00259 e. The first kappa shape index (κ1) is 20.7. The lowest BCUT2D eigenvalue weighted by molar-refractivity contribution is 1.64. The Morgan fingerprint density at radius 3 is 1.25 bits per heavy atom. The van der Waals surface area contributed by atoms with E-state index in [1.165, 1.54) is 65.7 Å². The molecule has 0 bridgehead atoms. The van der Waals surface area contributed by atoms with Gasteiger partial charge in [-0.05, 0) is 77.8 Å². The average Bonchev–Trinajstić information content (AvgIpc) is 2.96. The molecule has 0 spiro atoms. The topological polar surface area (TPSA) is 0 Å². The molecular weight excluding hydrogens is 432 g/mol. The van der Waals surface area contributed by atoms with Gasteiger partial charge in [-0.1, -0.05) is 133 Å². The molecule has 0 saturated heterocycles. The van der Waals surface area contributed by atoms with E-state index in [0.717, 1.165) is 0 Å². The zero-order valence-electron chi connectivity index (χ0n) is 19.9. The van der Waals surface area contributed by atoms with Gasteiger partial charge in [0.05, 0.1) is 0 Å². The molecule has 0 unspecified atom stereocenters. The molecule has 7 rings (SSSR count). The van der Waals surface area contributed by atoms with Crippen molar-refractivity contribution in [1.29, 1.82) is 0 Å². The van der Waals surface area contributed by atoms with Gasteiger partial charge in [-0.25, -0.2) is 0 Å². The zero-order chi connectivity index (χ0) is 23.9. The predicted octanol–water partition coefficient (Wildman–Crippen LogP) is 10.1. The average molecular weight is 457 g/mol. The van der Waals surface area contributed by atoms with Crippen LogP contribution in [0.1, 0.15) is 0 Å². The van der Waals surface area contributed by atoms with Crippen LogP contribution in [0.3, 0.4) is 0 Å². The zero-order valence-corrected chi connectivity index (χ0v) is 19.9. The molecule has 36 heavy (non-hydrogen) atoms. The highest BCUT2D eigenvalue weighted by Crippen LogP contribution is 2.45. The van der Waals surface area contributed by atoms with Crippen molar-refractivity contribution in [3.05, 3.63) is 146 Å². The van der Waals surface area contributed by atoms with Gasteiger partial charge in [0, 0.05) is 0 Å². The van der Waals surface area contributed by atoms with Crippen LogP contribution in [-0.4, -0.2) is 0 Å². The van der Waals surface area contributed by atoms with Crippen LogP contribution in [0.2, 0.25) is 0 Å². The van der Waals surface area contributed by atoms with E-state index in [9.17, 15) is 0 Å². The number of fused-ring (bicyclic) bond motifs is 3. The Bertz CT molecular complexity index is 1810. The van der Waals surface area contributed by atoms with E-state index in [0.29, 0.717) is 0 Å². The van der Waals surface area contributed by atoms with Gasteiger partial charge in [0.15, 0.2) is 0 Å². The minimum Gasteiger partial charge on any atom is -0.0622 e. The van der Waals surface area contributed by atoms with Gasteiger partial charge in [0.25, 0.3) is 0 Å². The summed E-state index contributed by atoms with van der Waals surface area (Å²) in [7, 11) is 0. The highest BCUT2D eigenvalue weighted by Gasteiger charge is 2.17. The van der Waals surface area contributed by atoms with E-state index in [1.807, 2.05) is 0 Å². The van der Waals surface area contributed by atoms with Gasteiger partial charge in [0.1, 0.15) is 0 Å². The van der Waals surface area contributed by atoms with E-state index in [1.54, 1.807) is 0 Å². The van der Waals surface area contributed by atoms with E-state index in [-0.39, 0.29) is 0 Å². The summed E-state index contributed by atoms with van der Waals surface area (Å²) in [6.07, 6.45) is 0. The highest BCUT2D eigenvalue weighted by molar-refractivity contribution is 6.22. The fourth-order valence-corrected chi connectivity index (χ4v) is 5.67. The Morgan fingerprint density at radius 1 is 0.278 bits per heavy atom. The third-order valence-corrected chi connectivity index (χ3v) is 7.23. The van der Waals surface area contributed by atoms with Crippen molar-refractivity contribution in [3.8, 4) is 33.4 Å². The minimum atomic E-state index is 1.24. The largest absolute Gasteiger partial charge is 0.0622 e. The predicted molar refractivity (Wildman–Crippen MR) is 155 cm³/mol. The molecule has 0 radical (unpaired) electrons. The maximum absolute atomic E-state index is 2.38. The summed E-state index contributed by atoms with van der Waals surface area (Å²) in [5.74, 6) is 0. The summed E-state index contributed by atoms with van der Waals surface area (Å²) in [6.45, 7) is 0. The number of rotatable bonds is 3. The number of benzene rings is 7. The van der Waals surface area contributed by atoms with Crippen LogP contribution in [0.25, 0.3) is 65.7 Å². The van der Waals surface area contributed by atoms with Crippen LogP contribution in [0.5, 0.6) is 0 Å². The summed E-state index contributed by atoms with van der Waals surface area (Å²) < 4.78 is 0. The molecule has 0 aliphatic rings. The molecule has 0 saturated carbocycles. The fourth-order valence-electron chi connectivity index (χ4n) is 5.67. The Labute approximate surface area is 211 Å². The second kappa shape index (κ2) is 8.52. The first-order valence-electron chi connectivity index (χ1n) is 12.5. The summed E-state index contributed by atoms with van der Waals surface area (Å²) in [5, 5.41) is 7.67. The third-order valence-electron chi connectivity index (χ3n) is 7.23. The van der Waals surface area contributed by atoms with Crippen molar-refractivity contribution in [1.82, 2.24) is 0 Å². The lowest BCUT2D eigenvalue weighted by atomic mass is 9.84. The first-order valence-corrected chi connectivity index (χ1v) is 12.5. The normalized spacial score (nSPS) is 11.3. The molecule has 0 N–H and O–H groups in total. The fraction of sp³-hybridized carbons (Fsp3) is 0. The van der Waals surface area contributed by atoms with Gasteiger partial charge in [-0.2, -0.15) is 0 Å². The van der Waals surface area contributed by atoms with Gasteiger partial charge in [-0.3, -0.25) is 0 Å². The van der Waals surface area contributed by atoms with Crippen LogP contribution < -0.4 is 0 Å². The molecular formula is C36H24. The van der Waals surface area contributed by atoms with Gasteiger partial charge in [0.2, 0.25) is 0 Å². The standard InChI is InChI=1S/C36H24/c1-3-13-25(14-4-1)34-24-28(23-27-17-7-8-18-29(27)34)36-32-21-11-9-19-30(32)35(26-15-5-2-6-16-26)31-20-10-12-22-33(31)36/h1-24H. The van der Waals surface area contributed by atoms with Crippen LogP contribution >= 0.6 is 0 Å². The lowest BCUT2D eigenvalue weighted by Crippen LogP contribution is -1.92. The van der Waals surface area contributed by atoms with Crippen molar-refractivity contribution < 1.29 is 0 Å². The summed E-state index contributed by atoms with van der Waals surface area (Å²) >= 11 is 0. The Balaban J connectivity index is 1.63. The van der Waals surface area contributed by atoms with Gasteiger partial charge in [-0.15, -0.1) is 0 Å². The molecule has 0 aromatic heterocycles. The van der Waals surface area contributed by atoms with Gasteiger partial charge < -0.3 is 0 Å². The maximum Gasteiger partial charge on any atom is -0.00259 e. The van der Waals surface area contributed by atoms with E-state index >= 15 is 0 Å². The van der Waals surface area contributed by atoms with Crippen molar-refractivity contribution in [2.75, 3.05) is 0 Å². The van der Waals surface area contributed by atoms with Crippen molar-refractivity contribution in [2.45, 2.75) is 0 Å². The molecule has 168 valence electrons. The quantitative estimate of drug-likeness (QED) is 0.232. The Morgan fingerprint density at radius 2 is 0.694 bits per heavy atom. The van der Waals surface area contributed by atoms with Crippen LogP contribution in [0.4, 0.5) is 0 Å². The van der Waals surface area contributed by atoms with E-state index < -0.39 is 0 Å². The number of hydrogen-bond donors (Lipinski definition) is 0. The van der Waals surface area contributed by atoms with E-state index in [4.69, 9.17) is 0 Å². The molecule has 0 amide bonds. The van der Waals surface area contributed by atoms with Crippen molar-refractivity contribution in [3.63, 3.8) is 0 Å². The molecule has 0 aliphatic carbocycles. The second-order valence-corrected chi connectivity index (χ2v) is 9.32. The molecule has 7 aromatic rings. The van der Waals surface area contributed by atoms with Gasteiger partial charge >= 0.3 is 0 Å². The number of hydrogen-bond acceptors (Lipinski definition) is 0. The van der Waals surface area contributed by atoms with Crippen LogP contribution in [-0.2, 0) is 0 Å². The van der Waals surface area contributed by atoms with Crippen molar-refractivity contribution in [2.24, 2.45) is 0 Å². The monoisotopic (exact) mass is 456 g/mol. The maximum atomic E-state index is 2.38. The summed E-state index contributed by atoms with van der Waals surface area (Å²) in [5.41, 5.74) is 7.60. The van der Waals surface area contributed by atoms with Crippen LogP contribution in [0.15, 0.2) is 146 Å². The Hall–Kier alpha value is -4.68.